The summed E-state index contributed by atoms with van der Waals surface area (Å²) in [6.07, 6.45) is 0.914. The Balaban J connectivity index is 1.76. The van der Waals surface area contributed by atoms with Crippen LogP contribution in [0.3, 0.4) is 0 Å². The second kappa shape index (κ2) is 7.68. The molecular formula is C17H19Cl2N. The Labute approximate surface area is 130 Å². The molecular weight excluding hydrogens is 289 g/mol. The highest BCUT2D eigenvalue weighted by atomic mass is 35.5. The van der Waals surface area contributed by atoms with Gasteiger partial charge in [-0.1, -0.05) is 66.5 Å². The molecule has 0 radical (unpaired) electrons. The lowest BCUT2D eigenvalue weighted by Gasteiger charge is -2.13. The van der Waals surface area contributed by atoms with Crippen LogP contribution in [0.2, 0.25) is 10.0 Å². The zero-order valence-corrected chi connectivity index (χ0v) is 13.1. The third kappa shape index (κ3) is 4.52. The lowest BCUT2D eigenvalue weighted by molar-refractivity contribution is 0.615. The lowest BCUT2D eigenvalue weighted by Crippen LogP contribution is -2.22. The molecule has 2 rings (SSSR count). The minimum absolute atomic E-state index is 0.511. The van der Waals surface area contributed by atoms with Gasteiger partial charge < -0.3 is 5.32 Å². The van der Waals surface area contributed by atoms with Gasteiger partial charge in [0.2, 0.25) is 0 Å². The molecule has 0 saturated heterocycles. The van der Waals surface area contributed by atoms with Gasteiger partial charge in [0.25, 0.3) is 0 Å². The van der Waals surface area contributed by atoms with Gasteiger partial charge in [0.05, 0.1) is 0 Å². The van der Waals surface area contributed by atoms with E-state index in [2.05, 4.69) is 36.5 Å². The van der Waals surface area contributed by atoms with Gasteiger partial charge in [0.1, 0.15) is 0 Å². The van der Waals surface area contributed by atoms with Gasteiger partial charge >= 0.3 is 0 Å². The van der Waals surface area contributed by atoms with Crippen molar-refractivity contribution in [3.05, 3.63) is 69.7 Å². The minimum atomic E-state index is 0.511. The summed E-state index contributed by atoms with van der Waals surface area (Å²) in [5.74, 6) is 0.511. The van der Waals surface area contributed by atoms with Crippen LogP contribution in [0.5, 0.6) is 0 Å². The molecule has 3 heteroatoms. The molecule has 0 amide bonds. The van der Waals surface area contributed by atoms with Crippen molar-refractivity contribution in [2.45, 2.75) is 19.3 Å². The van der Waals surface area contributed by atoms with Crippen molar-refractivity contribution in [3.8, 4) is 0 Å². The topological polar surface area (TPSA) is 12.0 Å². The number of hydrogen-bond donors (Lipinski definition) is 1. The Kier molecular flexibility index (Phi) is 5.90. The van der Waals surface area contributed by atoms with Gasteiger partial charge in [-0.05, 0) is 42.1 Å². The van der Waals surface area contributed by atoms with Gasteiger partial charge in [-0.2, -0.15) is 0 Å². The molecule has 0 spiro atoms. The van der Waals surface area contributed by atoms with Crippen LogP contribution in [0.1, 0.15) is 24.0 Å². The Hall–Kier alpha value is -1.02. The van der Waals surface area contributed by atoms with E-state index in [1.165, 1.54) is 5.56 Å². The maximum absolute atomic E-state index is 6.15. The molecule has 0 aliphatic heterocycles. The SMILES string of the molecule is CC(CNCCc1ccc(Cl)cc1Cl)c1ccccc1. The zero-order valence-electron chi connectivity index (χ0n) is 11.6. The molecule has 2 aromatic carbocycles. The Morgan fingerprint density at radius 3 is 2.50 bits per heavy atom. The standard InChI is InChI=1S/C17H19Cl2N/c1-13(14-5-3-2-4-6-14)12-20-10-9-15-7-8-16(18)11-17(15)19/h2-8,11,13,20H,9-10,12H2,1H3. The first-order chi connectivity index (χ1) is 9.66. The van der Waals surface area contributed by atoms with Crippen molar-refractivity contribution in [1.29, 1.82) is 0 Å². The molecule has 0 aromatic heterocycles. The molecule has 0 aliphatic carbocycles. The van der Waals surface area contributed by atoms with Crippen LogP contribution in [0.4, 0.5) is 0 Å². The van der Waals surface area contributed by atoms with Gasteiger partial charge in [-0.3, -0.25) is 0 Å². The minimum Gasteiger partial charge on any atom is -0.316 e. The molecule has 0 saturated carbocycles. The third-order valence-corrected chi connectivity index (χ3v) is 3.99. The van der Waals surface area contributed by atoms with Gasteiger partial charge in [0, 0.05) is 16.6 Å². The number of halogens is 2. The zero-order chi connectivity index (χ0) is 14.4. The fourth-order valence-corrected chi connectivity index (χ4v) is 2.67. The molecule has 1 nitrogen and oxygen atoms in total. The van der Waals surface area contributed by atoms with Crippen LogP contribution in [-0.4, -0.2) is 13.1 Å². The van der Waals surface area contributed by atoms with Crippen LogP contribution < -0.4 is 5.32 Å². The molecule has 0 heterocycles. The largest absolute Gasteiger partial charge is 0.316 e. The Morgan fingerprint density at radius 2 is 1.80 bits per heavy atom. The molecule has 20 heavy (non-hydrogen) atoms. The summed E-state index contributed by atoms with van der Waals surface area (Å²) in [7, 11) is 0. The predicted octanol–water partition coefficient (Wildman–Crippen LogP) is 4.93. The average Bonchev–Trinajstić information content (AvgIpc) is 2.46. The summed E-state index contributed by atoms with van der Waals surface area (Å²) >= 11 is 12.0. The first-order valence-corrected chi connectivity index (χ1v) is 7.62. The summed E-state index contributed by atoms with van der Waals surface area (Å²) in [5.41, 5.74) is 2.50. The summed E-state index contributed by atoms with van der Waals surface area (Å²) in [5, 5.41) is 4.91. The van der Waals surface area contributed by atoms with E-state index in [1.54, 1.807) is 6.07 Å². The fraction of sp³-hybridized carbons (Fsp3) is 0.294. The Morgan fingerprint density at radius 1 is 1.05 bits per heavy atom. The molecule has 1 N–H and O–H groups in total. The van der Waals surface area contributed by atoms with Gasteiger partial charge in [-0.15, -0.1) is 0 Å². The van der Waals surface area contributed by atoms with E-state index in [-0.39, 0.29) is 0 Å². The second-order valence-corrected chi connectivity index (χ2v) is 5.85. The summed E-state index contributed by atoms with van der Waals surface area (Å²) in [6, 6.07) is 16.2. The van der Waals surface area contributed by atoms with Gasteiger partial charge in [-0.25, -0.2) is 0 Å². The fourth-order valence-electron chi connectivity index (χ4n) is 2.17. The van der Waals surface area contributed by atoms with Crippen molar-refractivity contribution in [1.82, 2.24) is 5.32 Å². The summed E-state index contributed by atoms with van der Waals surface area (Å²) < 4.78 is 0. The average molecular weight is 308 g/mol. The van der Waals surface area contributed by atoms with Crippen LogP contribution >= 0.6 is 23.2 Å². The number of benzene rings is 2. The maximum atomic E-state index is 6.15. The molecule has 106 valence electrons. The highest BCUT2D eigenvalue weighted by Crippen LogP contribution is 2.21. The van der Waals surface area contributed by atoms with E-state index in [9.17, 15) is 0 Å². The lowest BCUT2D eigenvalue weighted by atomic mass is 10.0. The van der Waals surface area contributed by atoms with Gasteiger partial charge in [0.15, 0.2) is 0 Å². The van der Waals surface area contributed by atoms with E-state index in [0.717, 1.165) is 30.1 Å². The molecule has 2 aromatic rings. The highest BCUT2D eigenvalue weighted by molar-refractivity contribution is 6.35. The van der Waals surface area contributed by atoms with Crippen LogP contribution in [0.25, 0.3) is 0 Å². The van der Waals surface area contributed by atoms with E-state index in [1.807, 2.05) is 18.2 Å². The van der Waals surface area contributed by atoms with Crippen molar-refractivity contribution in [3.63, 3.8) is 0 Å². The van der Waals surface area contributed by atoms with Crippen LogP contribution in [0, 0.1) is 0 Å². The monoisotopic (exact) mass is 307 g/mol. The van der Waals surface area contributed by atoms with Crippen molar-refractivity contribution < 1.29 is 0 Å². The Bertz CT molecular complexity index is 540. The molecule has 1 atom stereocenters. The van der Waals surface area contributed by atoms with Crippen LogP contribution in [-0.2, 0) is 6.42 Å². The molecule has 0 aliphatic rings. The smallest absolute Gasteiger partial charge is 0.0453 e. The number of rotatable bonds is 6. The molecule has 0 bridgehead atoms. The number of hydrogen-bond acceptors (Lipinski definition) is 1. The van der Waals surface area contributed by atoms with E-state index in [4.69, 9.17) is 23.2 Å². The quantitative estimate of drug-likeness (QED) is 0.746. The van der Waals surface area contributed by atoms with Crippen molar-refractivity contribution >= 4 is 23.2 Å². The first kappa shape index (κ1) is 15.4. The predicted molar refractivity (Wildman–Crippen MR) is 87.9 cm³/mol. The summed E-state index contributed by atoms with van der Waals surface area (Å²) in [6.45, 7) is 4.12. The van der Waals surface area contributed by atoms with Crippen LogP contribution in [0.15, 0.2) is 48.5 Å². The highest BCUT2D eigenvalue weighted by Gasteiger charge is 2.05. The first-order valence-electron chi connectivity index (χ1n) is 6.86. The van der Waals surface area contributed by atoms with E-state index >= 15 is 0 Å². The number of nitrogens with one attached hydrogen (secondary N) is 1. The second-order valence-electron chi connectivity index (χ2n) is 5.00. The van der Waals surface area contributed by atoms with Crippen molar-refractivity contribution in [2.75, 3.05) is 13.1 Å². The molecule has 0 fully saturated rings. The van der Waals surface area contributed by atoms with E-state index in [0.29, 0.717) is 10.9 Å². The molecule has 1 unspecified atom stereocenters. The maximum Gasteiger partial charge on any atom is 0.0453 e. The third-order valence-electron chi connectivity index (χ3n) is 3.41. The van der Waals surface area contributed by atoms with E-state index < -0.39 is 0 Å². The summed E-state index contributed by atoms with van der Waals surface area (Å²) in [4.78, 5) is 0. The normalized spacial score (nSPS) is 12.3. The van der Waals surface area contributed by atoms with Crippen molar-refractivity contribution in [2.24, 2.45) is 0 Å².